The number of urea groups is 1. The van der Waals surface area contributed by atoms with Gasteiger partial charge in [-0.2, -0.15) is 0 Å². The highest BCUT2D eigenvalue weighted by atomic mass is 79.9. The van der Waals surface area contributed by atoms with Crippen LogP contribution in [-0.2, 0) is 110 Å². The molecule has 11 rings (SSSR count). The molecule has 7 atom stereocenters. The third-order valence-corrected chi connectivity index (χ3v) is 23.9. The van der Waals surface area contributed by atoms with E-state index in [1.165, 1.54) is 0 Å². The van der Waals surface area contributed by atoms with Gasteiger partial charge < -0.3 is 96.0 Å². The molecule has 6 aliphatic rings. The maximum Gasteiger partial charge on any atom is 0.408 e. The number of fused-ring (bicyclic) bond motifs is 4. The van der Waals surface area contributed by atoms with Crippen LogP contribution in [0.1, 0.15) is 139 Å². The van der Waals surface area contributed by atoms with E-state index in [4.69, 9.17) is 38.9 Å². The molecular formula is C82H107Br2FN14O18. The molecule has 5 aromatic rings. The number of amides is 9. The van der Waals surface area contributed by atoms with Gasteiger partial charge in [-0.05, 0) is 146 Å². The number of nitrogens with two attached hydrogens (primary N) is 1. The highest BCUT2D eigenvalue weighted by Gasteiger charge is 2.72. The number of primary amides is 1. The number of nitrogens with one attached hydrogen (secondary N) is 8. The Morgan fingerprint density at radius 3 is 2.07 bits per heavy atom. The SMILES string of the molecule is CC[C@]1(O)C(=O)OCc2c1cc1n(c2=O)CC2=C3c4c(cc(F)c(C)c4CCC3CNC(=O)C3(NC(=O)OCc4ccc(NC(=O)C(CCCNC(N)=O)NC(=O)[C@@H](NC(=O)CCOCCOCCOCCOCCC(=O)NCCN(CCNC(=O)c5ccc6nc(CBr)c(CBr)nc6c5)CCN(C)C)C(C)C)cc4)COC3)C3C(C)C213. The minimum absolute atomic E-state index is 0.00617. The summed E-state index contributed by atoms with van der Waals surface area (Å²) >= 11 is 6.93. The van der Waals surface area contributed by atoms with Crippen LogP contribution in [0.5, 0.6) is 0 Å². The number of alkyl halides is 2. The molecule has 1 spiro atoms. The number of nitrogens with zero attached hydrogens (tertiary/aromatic N) is 5. The molecule has 1 saturated carbocycles. The molecule has 0 bridgehead atoms. The zero-order chi connectivity index (χ0) is 83.9. The summed E-state index contributed by atoms with van der Waals surface area (Å²) in [6.45, 7) is 14.1. The largest absolute Gasteiger partial charge is 0.458 e. The molecule has 117 heavy (non-hydrogen) atoms. The first-order chi connectivity index (χ1) is 56.2. The van der Waals surface area contributed by atoms with Crippen LogP contribution in [0.2, 0.25) is 0 Å². The Morgan fingerprint density at radius 2 is 1.44 bits per heavy atom. The van der Waals surface area contributed by atoms with Crippen molar-refractivity contribution in [3.05, 3.63) is 138 Å². The fourth-order valence-electron chi connectivity index (χ4n) is 16.2. The normalized spacial score (nSPS) is 19.5. The number of pyridine rings is 1. The van der Waals surface area contributed by atoms with Crippen molar-refractivity contribution in [2.75, 3.05) is 138 Å². The number of aromatic nitrogens is 3. The van der Waals surface area contributed by atoms with Crippen LogP contribution in [0.4, 0.5) is 19.7 Å². The van der Waals surface area contributed by atoms with E-state index in [0.717, 1.165) is 52.3 Å². The van der Waals surface area contributed by atoms with E-state index >= 15 is 4.39 Å². The van der Waals surface area contributed by atoms with Gasteiger partial charge in [-0.25, -0.2) is 28.7 Å². The Hall–Kier alpha value is -8.91. The van der Waals surface area contributed by atoms with Crippen molar-refractivity contribution < 1.29 is 85.8 Å². The summed E-state index contributed by atoms with van der Waals surface area (Å²) in [6, 6.07) is 12.1. The number of alkyl carbamates (subject to hydrolysis) is 1. The van der Waals surface area contributed by atoms with E-state index in [-0.39, 0.29) is 170 Å². The second kappa shape index (κ2) is 40.2. The highest BCUT2D eigenvalue weighted by molar-refractivity contribution is 9.09. The smallest absolute Gasteiger partial charge is 0.408 e. The van der Waals surface area contributed by atoms with Gasteiger partial charge in [0.1, 0.15) is 31.1 Å². The van der Waals surface area contributed by atoms with Crippen molar-refractivity contribution in [1.29, 1.82) is 0 Å². The van der Waals surface area contributed by atoms with E-state index in [9.17, 15) is 53.1 Å². The Morgan fingerprint density at radius 1 is 0.778 bits per heavy atom. The van der Waals surface area contributed by atoms with Crippen LogP contribution < -0.4 is 53.8 Å². The lowest BCUT2D eigenvalue weighted by atomic mass is 9.67. The van der Waals surface area contributed by atoms with Crippen LogP contribution >= 0.6 is 31.9 Å². The zero-order valence-electron chi connectivity index (χ0n) is 67.2. The third-order valence-electron chi connectivity index (χ3n) is 22.8. The number of ether oxygens (including phenoxy) is 7. The van der Waals surface area contributed by atoms with Gasteiger partial charge in [0.25, 0.3) is 17.4 Å². The van der Waals surface area contributed by atoms with Crippen LogP contribution in [0.25, 0.3) is 16.6 Å². The van der Waals surface area contributed by atoms with Crippen molar-refractivity contribution in [2.24, 2.45) is 23.5 Å². The summed E-state index contributed by atoms with van der Waals surface area (Å²) in [5.41, 5.74) is 11.4. The summed E-state index contributed by atoms with van der Waals surface area (Å²) in [4.78, 5) is 147. The molecule has 3 aromatic carbocycles. The van der Waals surface area contributed by atoms with E-state index < -0.39 is 76.3 Å². The predicted molar refractivity (Wildman–Crippen MR) is 436 cm³/mol. The van der Waals surface area contributed by atoms with E-state index in [1.807, 2.05) is 14.1 Å². The number of rotatable bonds is 44. The highest BCUT2D eigenvalue weighted by Crippen LogP contribution is 2.76. The predicted octanol–water partition coefficient (Wildman–Crippen LogP) is 4.78. The number of esters is 1. The van der Waals surface area contributed by atoms with Crippen molar-refractivity contribution in [3.63, 3.8) is 0 Å². The van der Waals surface area contributed by atoms with Crippen molar-refractivity contribution in [1.82, 2.24) is 61.6 Å². The molecule has 3 aliphatic heterocycles. The summed E-state index contributed by atoms with van der Waals surface area (Å²) in [6.07, 6.45) is 0.613. The number of aliphatic hydroxyl groups is 1. The quantitative estimate of drug-likeness (QED) is 0.0142. The van der Waals surface area contributed by atoms with Crippen molar-refractivity contribution >= 4 is 108 Å². The van der Waals surface area contributed by atoms with Gasteiger partial charge in [0.2, 0.25) is 23.6 Å². The molecule has 5 unspecified atom stereocenters. The molecule has 5 heterocycles. The number of hydrogen-bond acceptors (Lipinski definition) is 22. The number of hydrogen-bond donors (Lipinski definition) is 10. The average molecular weight is 1760 g/mol. The monoisotopic (exact) mass is 1750 g/mol. The van der Waals surface area contributed by atoms with Crippen LogP contribution in [0.3, 0.4) is 0 Å². The van der Waals surface area contributed by atoms with Crippen LogP contribution in [-0.4, -0.2) is 233 Å². The Labute approximate surface area is 695 Å². The van der Waals surface area contributed by atoms with Gasteiger partial charge >= 0.3 is 18.1 Å². The molecule has 32 nitrogen and oxygen atoms in total. The maximum atomic E-state index is 16.0. The first-order valence-electron chi connectivity index (χ1n) is 39.9. The average Bonchev–Trinajstić information content (AvgIpc) is 1.46. The second-order valence-electron chi connectivity index (χ2n) is 31.0. The van der Waals surface area contributed by atoms with E-state index in [0.29, 0.717) is 102 Å². The second-order valence-corrected chi connectivity index (χ2v) is 32.2. The first kappa shape index (κ1) is 88.9. The fourth-order valence-corrected chi connectivity index (χ4v) is 17.1. The molecule has 2 fully saturated rings. The Kier molecular flexibility index (Phi) is 30.6. The van der Waals surface area contributed by atoms with E-state index in [1.54, 1.807) is 86.9 Å². The van der Waals surface area contributed by atoms with Gasteiger partial charge in [-0.3, -0.25) is 38.5 Å². The Bertz CT molecular complexity index is 4600. The molecule has 9 amide bonds. The van der Waals surface area contributed by atoms with Gasteiger partial charge in [0, 0.05) is 122 Å². The number of carbonyl (C=O) groups is 9. The zero-order valence-corrected chi connectivity index (χ0v) is 70.4. The number of allylic oxidation sites excluding steroid dienone is 1. The number of cyclic esters (lactones) is 1. The number of carbonyl (C=O) groups excluding carboxylic acids is 9. The summed E-state index contributed by atoms with van der Waals surface area (Å²) in [5.74, 6) is -4.59. The molecule has 35 heteroatoms. The maximum absolute atomic E-state index is 16.0. The molecule has 634 valence electrons. The standard InChI is InChI=1S/C82H107Br2FN14O18/c1-8-81(110)57-38-65-82-49(5)70(82)55-37-59(85)48(4)54-17-13-52(68(69(54)55)58(82)42-99(65)75(105)56(57)44-116-77(81)107)41-90-76(106)80(45-115-46-80)96-79(109)117-43-50-11-15-53(16-12-50)91-73(103)61(10-9-21-89-78(86)108)94-74(104)71(47(2)3)95-67(101)20-29-112-31-33-114-35-34-113-32-30-111-28-19-66(100)87-22-24-98(27-26-97(6)7)25-23-88-72(102)51-14-18-60-62(36-51)93-64(40-84)63(39-83)92-60/h11-12,14-16,18,36-38,47,49,52,61,70-71,110H,8-10,13,17,19-35,39-46H2,1-7H3,(H,87,100)(H,88,102)(H,90,106)(H,91,103)(H,94,104)(H,95,101)(H,96,109)(H3,86,89,108)/t49?,52?,61?,70?,71-,81+,82?/m0/s1. The first-order valence-corrected chi connectivity index (χ1v) is 42.1. The topological polar surface area (TPSA) is 415 Å². The van der Waals surface area contributed by atoms with Crippen molar-refractivity contribution in [3.8, 4) is 0 Å². The molecule has 2 aromatic heterocycles. The minimum atomic E-state index is -2.01. The van der Waals surface area contributed by atoms with Gasteiger partial charge in [-0.15, -0.1) is 0 Å². The number of anilines is 1. The lowest BCUT2D eigenvalue weighted by Crippen LogP contribution is -2.70. The van der Waals surface area contributed by atoms with Crippen LogP contribution in [0.15, 0.2) is 65.0 Å². The van der Waals surface area contributed by atoms with E-state index in [2.05, 4.69) is 101 Å². The lowest BCUT2D eigenvalue weighted by Gasteiger charge is -2.41. The molecule has 0 radical (unpaired) electrons. The number of benzene rings is 3. The number of likely N-dealkylation sites (N-methyl/N-ethyl adjacent to an activating group) is 1. The summed E-state index contributed by atoms with van der Waals surface area (Å²) in [5, 5.41) is 35.4. The molecule has 1 saturated heterocycles. The lowest BCUT2D eigenvalue weighted by molar-refractivity contribution is -0.172. The molecule has 11 N–H and O–H groups in total. The van der Waals surface area contributed by atoms with Gasteiger partial charge in [-0.1, -0.05) is 71.7 Å². The minimum Gasteiger partial charge on any atom is -0.458 e. The number of halogens is 3. The third kappa shape index (κ3) is 20.7. The van der Waals surface area contributed by atoms with Gasteiger partial charge in [0.05, 0.1) is 94.1 Å². The van der Waals surface area contributed by atoms with Crippen molar-refractivity contribution in [2.45, 2.75) is 145 Å². The van der Waals surface area contributed by atoms with Crippen LogP contribution in [0, 0.1) is 30.5 Å². The summed E-state index contributed by atoms with van der Waals surface area (Å²) < 4.78 is 56.6. The summed E-state index contributed by atoms with van der Waals surface area (Å²) in [7, 11) is 3.98. The fraction of sp³-hybridized carbons (Fsp3) is 0.561. The Balaban J connectivity index is 0.562. The molecule has 3 aliphatic carbocycles. The van der Waals surface area contributed by atoms with Gasteiger partial charge in [0.15, 0.2) is 11.1 Å². The molecular weight excluding hydrogens is 1650 g/mol.